The van der Waals surface area contributed by atoms with Crippen LogP contribution in [0.5, 0.6) is 0 Å². The van der Waals surface area contributed by atoms with E-state index in [1.165, 1.54) is 94.6 Å². The Kier molecular flexibility index (Phi) is 8.04. The van der Waals surface area contributed by atoms with Crippen molar-refractivity contribution < 1.29 is 0 Å². The molecule has 3 rings (SSSR count). The molecule has 0 bridgehead atoms. The Bertz CT molecular complexity index is 583. The van der Waals surface area contributed by atoms with Crippen molar-refractivity contribution >= 4 is 5.57 Å². The molecule has 1 unspecified atom stereocenters. The number of rotatable bonds is 8. The quantitative estimate of drug-likeness (QED) is 0.404. The molecule has 0 aliphatic heterocycles. The second kappa shape index (κ2) is 10.5. The van der Waals surface area contributed by atoms with Crippen LogP contribution >= 0.6 is 0 Å². The molecule has 1 fully saturated rings. The SMILES string of the molecule is CCCCCc1ccc(C2=C(C)CC([C@H]3CC[C@H](CCC)CC3)CC2)cc1. The summed E-state index contributed by atoms with van der Waals surface area (Å²) >= 11 is 0. The summed E-state index contributed by atoms with van der Waals surface area (Å²) in [5.41, 5.74) is 6.35. The van der Waals surface area contributed by atoms with Crippen LogP contribution < -0.4 is 0 Å². The number of allylic oxidation sites excluding steroid dienone is 2. The van der Waals surface area contributed by atoms with Gasteiger partial charge in [-0.05, 0) is 86.3 Å². The van der Waals surface area contributed by atoms with E-state index >= 15 is 0 Å². The average Bonchev–Trinajstić information content (AvgIpc) is 2.70. The first-order valence-corrected chi connectivity index (χ1v) is 12.0. The van der Waals surface area contributed by atoms with Crippen LogP contribution in [0.3, 0.4) is 0 Å². The molecule has 1 atom stereocenters. The Morgan fingerprint density at radius 2 is 1.56 bits per heavy atom. The van der Waals surface area contributed by atoms with Gasteiger partial charge in [-0.2, -0.15) is 0 Å². The first-order chi connectivity index (χ1) is 13.2. The van der Waals surface area contributed by atoms with Gasteiger partial charge in [0.15, 0.2) is 0 Å². The number of hydrogen-bond donors (Lipinski definition) is 0. The third kappa shape index (κ3) is 5.72. The topological polar surface area (TPSA) is 0 Å². The molecule has 1 saturated carbocycles. The minimum atomic E-state index is 0.963. The zero-order valence-electron chi connectivity index (χ0n) is 18.2. The monoisotopic (exact) mass is 366 g/mol. The molecule has 0 nitrogen and oxygen atoms in total. The maximum atomic E-state index is 2.42. The highest BCUT2D eigenvalue weighted by molar-refractivity contribution is 5.69. The van der Waals surface area contributed by atoms with Crippen LogP contribution in [0.4, 0.5) is 0 Å². The maximum Gasteiger partial charge on any atom is -0.0225 e. The molecule has 0 amide bonds. The lowest BCUT2D eigenvalue weighted by atomic mass is 9.69. The van der Waals surface area contributed by atoms with Crippen molar-refractivity contribution in [2.45, 2.75) is 104 Å². The zero-order chi connectivity index (χ0) is 19.1. The molecule has 0 heterocycles. The van der Waals surface area contributed by atoms with Gasteiger partial charge >= 0.3 is 0 Å². The van der Waals surface area contributed by atoms with E-state index in [-0.39, 0.29) is 0 Å². The molecule has 0 saturated heterocycles. The highest BCUT2D eigenvalue weighted by Gasteiger charge is 2.30. The Labute approximate surface area is 168 Å². The second-order valence-corrected chi connectivity index (χ2v) is 9.49. The molecule has 1 aromatic carbocycles. The van der Waals surface area contributed by atoms with Gasteiger partial charge in [-0.1, -0.05) is 82.2 Å². The van der Waals surface area contributed by atoms with Gasteiger partial charge in [0.1, 0.15) is 0 Å². The van der Waals surface area contributed by atoms with E-state index in [9.17, 15) is 0 Å². The second-order valence-electron chi connectivity index (χ2n) is 9.49. The predicted octanol–water partition coefficient (Wildman–Crippen LogP) is 8.60. The average molecular weight is 367 g/mol. The van der Waals surface area contributed by atoms with E-state index in [2.05, 4.69) is 45.0 Å². The van der Waals surface area contributed by atoms with Gasteiger partial charge < -0.3 is 0 Å². The molecular formula is C27H42. The van der Waals surface area contributed by atoms with Crippen LogP contribution in [0.1, 0.15) is 109 Å². The molecule has 1 aromatic rings. The highest BCUT2D eigenvalue weighted by Crippen LogP contribution is 2.44. The summed E-state index contributed by atoms with van der Waals surface area (Å²) in [7, 11) is 0. The van der Waals surface area contributed by atoms with Crippen LogP contribution in [0, 0.1) is 17.8 Å². The van der Waals surface area contributed by atoms with Gasteiger partial charge in [0.25, 0.3) is 0 Å². The Morgan fingerprint density at radius 1 is 0.815 bits per heavy atom. The molecule has 0 N–H and O–H groups in total. The van der Waals surface area contributed by atoms with E-state index in [0.717, 1.165) is 17.8 Å². The standard InChI is InChI=1S/C27H42/c1-4-6-7-9-23-12-16-25(17-13-23)27-19-18-26(20-21(27)3)24-14-10-22(8-5-2)11-15-24/h12-13,16-17,22,24,26H,4-11,14-15,18-20H2,1-3H3/t22-,24-,26?. The van der Waals surface area contributed by atoms with Crippen molar-refractivity contribution in [3.8, 4) is 0 Å². The third-order valence-electron chi connectivity index (χ3n) is 7.48. The van der Waals surface area contributed by atoms with Crippen LogP contribution in [0.15, 0.2) is 29.8 Å². The molecule has 0 heteroatoms. The minimum absolute atomic E-state index is 0.963. The first-order valence-electron chi connectivity index (χ1n) is 12.0. The smallest absolute Gasteiger partial charge is 0.0225 e. The summed E-state index contributed by atoms with van der Waals surface area (Å²) < 4.78 is 0. The maximum absolute atomic E-state index is 2.42. The van der Waals surface area contributed by atoms with Crippen molar-refractivity contribution in [3.05, 3.63) is 41.0 Å². The summed E-state index contributed by atoms with van der Waals surface area (Å²) in [5, 5.41) is 0. The van der Waals surface area contributed by atoms with Gasteiger partial charge in [-0.25, -0.2) is 0 Å². The predicted molar refractivity (Wildman–Crippen MR) is 120 cm³/mol. The molecular weight excluding hydrogens is 324 g/mol. The van der Waals surface area contributed by atoms with Gasteiger partial charge in [0.2, 0.25) is 0 Å². The Hall–Kier alpha value is -1.04. The lowest BCUT2D eigenvalue weighted by molar-refractivity contribution is 0.186. The van der Waals surface area contributed by atoms with Crippen LogP contribution in [-0.2, 0) is 6.42 Å². The van der Waals surface area contributed by atoms with Crippen LogP contribution in [-0.4, -0.2) is 0 Å². The number of benzene rings is 1. The molecule has 0 aromatic heterocycles. The van der Waals surface area contributed by atoms with E-state index in [4.69, 9.17) is 0 Å². The van der Waals surface area contributed by atoms with E-state index in [0.29, 0.717) is 0 Å². The van der Waals surface area contributed by atoms with Crippen LogP contribution in [0.25, 0.3) is 5.57 Å². The van der Waals surface area contributed by atoms with Crippen molar-refractivity contribution in [2.75, 3.05) is 0 Å². The summed E-state index contributed by atoms with van der Waals surface area (Å²) in [5.74, 6) is 3.01. The summed E-state index contributed by atoms with van der Waals surface area (Å²) in [6.07, 6.45) is 18.2. The summed E-state index contributed by atoms with van der Waals surface area (Å²) in [4.78, 5) is 0. The zero-order valence-corrected chi connectivity index (χ0v) is 18.2. The van der Waals surface area contributed by atoms with E-state index in [1.54, 1.807) is 11.1 Å². The highest BCUT2D eigenvalue weighted by atomic mass is 14.3. The molecule has 27 heavy (non-hydrogen) atoms. The Balaban J connectivity index is 1.55. The number of aryl methyl sites for hydroxylation is 1. The van der Waals surface area contributed by atoms with Crippen molar-refractivity contribution in [2.24, 2.45) is 17.8 Å². The van der Waals surface area contributed by atoms with E-state index < -0.39 is 0 Å². The first kappa shape index (κ1) is 20.7. The Morgan fingerprint density at radius 3 is 2.19 bits per heavy atom. The molecule has 2 aliphatic rings. The van der Waals surface area contributed by atoms with Crippen molar-refractivity contribution in [1.82, 2.24) is 0 Å². The fourth-order valence-electron chi connectivity index (χ4n) is 5.76. The van der Waals surface area contributed by atoms with Gasteiger partial charge in [0, 0.05) is 0 Å². The fraction of sp³-hybridized carbons (Fsp3) is 0.704. The van der Waals surface area contributed by atoms with E-state index in [1.807, 2.05) is 0 Å². The lowest BCUT2D eigenvalue weighted by Gasteiger charge is -2.37. The van der Waals surface area contributed by atoms with Crippen molar-refractivity contribution in [3.63, 3.8) is 0 Å². The van der Waals surface area contributed by atoms with Gasteiger partial charge in [0.05, 0.1) is 0 Å². The molecule has 0 spiro atoms. The summed E-state index contributed by atoms with van der Waals surface area (Å²) in [6.45, 7) is 7.05. The normalized spacial score (nSPS) is 26.4. The molecule has 2 aliphatic carbocycles. The minimum Gasteiger partial charge on any atom is -0.0692 e. The third-order valence-corrected chi connectivity index (χ3v) is 7.48. The molecule has 150 valence electrons. The summed E-state index contributed by atoms with van der Waals surface area (Å²) in [6, 6.07) is 9.56. The van der Waals surface area contributed by atoms with Gasteiger partial charge in [-0.3, -0.25) is 0 Å². The number of hydrogen-bond acceptors (Lipinski definition) is 0. The lowest BCUT2D eigenvalue weighted by Crippen LogP contribution is -2.24. The largest absolute Gasteiger partial charge is 0.0692 e. The van der Waals surface area contributed by atoms with Gasteiger partial charge in [-0.15, -0.1) is 0 Å². The molecule has 0 radical (unpaired) electrons. The van der Waals surface area contributed by atoms with Crippen molar-refractivity contribution in [1.29, 1.82) is 0 Å². The van der Waals surface area contributed by atoms with Crippen LogP contribution in [0.2, 0.25) is 0 Å². The fourth-order valence-corrected chi connectivity index (χ4v) is 5.76. The number of unbranched alkanes of at least 4 members (excludes halogenated alkanes) is 2.